The average molecular weight is 289 g/mol. The van der Waals surface area contributed by atoms with Gasteiger partial charge in [0.1, 0.15) is 0 Å². The summed E-state index contributed by atoms with van der Waals surface area (Å²) in [6.45, 7) is 1.15. The predicted molar refractivity (Wildman–Crippen MR) is 66.6 cm³/mol. The molecule has 19 heavy (non-hydrogen) atoms. The number of oxime groups is 1. The first-order chi connectivity index (χ1) is 8.83. The molecule has 1 aliphatic rings. The fourth-order valence-corrected chi connectivity index (χ4v) is 3.14. The van der Waals surface area contributed by atoms with Gasteiger partial charge in [0, 0.05) is 0 Å². The molecule has 0 N–H and O–H groups in total. The summed E-state index contributed by atoms with van der Waals surface area (Å²) in [5.41, 5.74) is -1.27. The van der Waals surface area contributed by atoms with Crippen molar-refractivity contribution >= 4 is 14.9 Å². The van der Waals surface area contributed by atoms with Gasteiger partial charge in [-0.2, -0.15) is 0 Å². The molecule has 1 unspecified atom stereocenters. The molecule has 1 aromatic carbocycles. The van der Waals surface area contributed by atoms with Gasteiger partial charge in [0.15, 0.2) is 14.9 Å². The highest BCUT2D eigenvalue weighted by Crippen LogP contribution is 2.32. The van der Waals surface area contributed by atoms with Gasteiger partial charge >= 0.3 is 0 Å². The van der Waals surface area contributed by atoms with Gasteiger partial charge in [0.05, 0.1) is 12.2 Å². The smallest absolute Gasteiger partial charge is 0.280 e. The van der Waals surface area contributed by atoms with Gasteiger partial charge in [-0.3, -0.25) is 0 Å². The molecular formula is C12H13F2NO3S. The molecule has 2 rings (SSSR count). The van der Waals surface area contributed by atoms with Gasteiger partial charge in [0.25, 0.3) is 6.43 Å². The topological polar surface area (TPSA) is 55.7 Å². The van der Waals surface area contributed by atoms with Crippen molar-refractivity contribution in [3.05, 3.63) is 35.9 Å². The van der Waals surface area contributed by atoms with Gasteiger partial charge in [-0.15, -0.1) is 0 Å². The van der Waals surface area contributed by atoms with Gasteiger partial charge in [0.2, 0.25) is 5.60 Å². The first kappa shape index (κ1) is 13.9. The van der Waals surface area contributed by atoms with E-state index in [2.05, 4.69) is 9.99 Å². The Morgan fingerprint density at radius 3 is 2.53 bits per heavy atom. The number of benzene rings is 1. The first-order valence-corrected chi connectivity index (χ1v) is 7.29. The zero-order chi connectivity index (χ0) is 14.1. The molecule has 0 saturated heterocycles. The number of halogens is 2. The molecule has 0 spiro atoms. The molecule has 0 aromatic heterocycles. The zero-order valence-electron chi connectivity index (χ0n) is 10.2. The Balaban J connectivity index is 2.15. The van der Waals surface area contributed by atoms with Crippen LogP contribution in [-0.4, -0.2) is 25.5 Å². The van der Waals surface area contributed by atoms with E-state index in [0.717, 1.165) is 6.92 Å². The van der Waals surface area contributed by atoms with Crippen LogP contribution in [0.1, 0.15) is 18.9 Å². The maximum absolute atomic E-state index is 12.7. The fraction of sp³-hybridized carbons (Fsp3) is 0.417. The Morgan fingerprint density at radius 1 is 1.37 bits per heavy atom. The second-order valence-electron chi connectivity index (χ2n) is 4.61. The van der Waals surface area contributed by atoms with Crippen molar-refractivity contribution in [1.82, 2.24) is 0 Å². The van der Waals surface area contributed by atoms with Crippen molar-refractivity contribution < 1.29 is 22.0 Å². The van der Waals surface area contributed by atoms with Crippen molar-refractivity contribution in [3.8, 4) is 0 Å². The summed E-state index contributed by atoms with van der Waals surface area (Å²) in [7, 11) is -3.73. The summed E-state index contributed by atoms with van der Waals surface area (Å²) in [4.78, 5) is 4.60. The highest BCUT2D eigenvalue weighted by molar-refractivity contribution is 8.05. The van der Waals surface area contributed by atoms with E-state index >= 15 is 0 Å². The van der Waals surface area contributed by atoms with Crippen LogP contribution in [0, 0.1) is 0 Å². The van der Waals surface area contributed by atoms with Crippen LogP contribution in [-0.2, 0) is 20.4 Å². The normalized spacial score (nSPS) is 23.3. The monoisotopic (exact) mass is 289 g/mol. The van der Waals surface area contributed by atoms with E-state index in [0.29, 0.717) is 5.56 Å². The third-order valence-electron chi connectivity index (χ3n) is 2.88. The van der Waals surface area contributed by atoms with Crippen LogP contribution < -0.4 is 0 Å². The molecule has 7 heteroatoms. The SMILES string of the molecule is CC1(C(F)F)CC(S(=O)(=O)Cc2ccccc2)=NO1. The van der Waals surface area contributed by atoms with Crippen molar-refractivity contribution in [2.24, 2.45) is 5.16 Å². The van der Waals surface area contributed by atoms with Crippen LogP contribution in [0.5, 0.6) is 0 Å². The van der Waals surface area contributed by atoms with Gasteiger partial charge < -0.3 is 4.84 Å². The van der Waals surface area contributed by atoms with Gasteiger partial charge in [-0.1, -0.05) is 35.5 Å². The van der Waals surface area contributed by atoms with E-state index in [-0.39, 0.29) is 10.8 Å². The van der Waals surface area contributed by atoms with Crippen molar-refractivity contribution in [1.29, 1.82) is 0 Å². The fourth-order valence-electron chi connectivity index (χ4n) is 1.68. The largest absolute Gasteiger partial charge is 0.382 e. The van der Waals surface area contributed by atoms with Crippen molar-refractivity contribution in [3.63, 3.8) is 0 Å². The van der Waals surface area contributed by atoms with Gasteiger partial charge in [-0.25, -0.2) is 17.2 Å². The number of sulfone groups is 1. The summed E-state index contributed by atoms with van der Waals surface area (Å²) < 4.78 is 49.6. The van der Waals surface area contributed by atoms with Crippen LogP contribution in [0.2, 0.25) is 0 Å². The van der Waals surface area contributed by atoms with Crippen molar-refractivity contribution in [2.75, 3.05) is 0 Å². The lowest BCUT2D eigenvalue weighted by atomic mass is 10.1. The average Bonchev–Trinajstić information content (AvgIpc) is 2.75. The lowest BCUT2D eigenvalue weighted by molar-refractivity contribution is -0.111. The number of rotatable bonds is 3. The van der Waals surface area contributed by atoms with E-state index < -0.39 is 28.3 Å². The van der Waals surface area contributed by atoms with E-state index in [4.69, 9.17) is 0 Å². The van der Waals surface area contributed by atoms with Crippen LogP contribution in [0.25, 0.3) is 0 Å². The Bertz CT molecular complexity index is 586. The molecule has 1 atom stereocenters. The number of alkyl halides is 2. The molecule has 0 saturated carbocycles. The molecule has 1 aromatic rings. The molecule has 1 heterocycles. The summed E-state index contributed by atoms with van der Waals surface area (Å²) in [6, 6.07) is 8.49. The Kier molecular flexibility index (Phi) is 3.58. The third-order valence-corrected chi connectivity index (χ3v) is 4.53. The highest BCUT2D eigenvalue weighted by Gasteiger charge is 2.46. The summed E-state index contributed by atoms with van der Waals surface area (Å²) in [6.07, 6.45) is -3.19. The standard InChI is InChI=1S/C12H13F2NO3S/c1-12(11(13)14)7-10(15-18-12)19(16,17)8-9-5-3-2-4-6-9/h2-6,11H,7-8H2,1H3. The minimum Gasteiger partial charge on any atom is -0.382 e. The summed E-state index contributed by atoms with van der Waals surface area (Å²) in [5.74, 6) is -0.269. The maximum Gasteiger partial charge on any atom is 0.280 e. The second-order valence-corrected chi connectivity index (χ2v) is 6.60. The molecule has 104 valence electrons. The Labute approximate surface area is 110 Å². The number of hydrogen-bond donors (Lipinski definition) is 0. The Morgan fingerprint density at radius 2 is 2.00 bits per heavy atom. The molecule has 0 amide bonds. The third kappa shape index (κ3) is 2.91. The molecule has 0 fully saturated rings. The lowest BCUT2D eigenvalue weighted by Crippen LogP contribution is -2.34. The van der Waals surface area contributed by atoms with E-state index in [1.54, 1.807) is 30.3 Å². The van der Waals surface area contributed by atoms with E-state index in [1.807, 2.05) is 0 Å². The van der Waals surface area contributed by atoms with Crippen LogP contribution >= 0.6 is 0 Å². The van der Waals surface area contributed by atoms with E-state index in [1.165, 1.54) is 0 Å². The van der Waals surface area contributed by atoms with Gasteiger partial charge in [-0.05, 0) is 12.5 Å². The number of hydrogen-bond acceptors (Lipinski definition) is 4. The minimum absolute atomic E-state index is 0.269. The van der Waals surface area contributed by atoms with Crippen LogP contribution in [0.3, 0.4) is 0 Å². The molecule has 0 aliphatic carbocycles. The van der Waals surface area contributed by atoms with Crippen molar-refractivity contribution in [2.45, 2.75) is 31.1 Å². The van der Waals surface area contributed by atoms with Crippen LogP contribution in [0.4, 0.5) is 8.78 Å². The minimum atomic E-state index is -3.73. The first-order valence-electron chi connectivity index (χ1n) is 5.63. The van der Waals surface area contributed by atoms with Crippen LogP contribution in [0.15, 0.2) is 35.5 Å². The molecule has 0 radical (unpaired) electrons. The quantitative estimate of drug-likeness (QED) is 0.858. The molecule has 4 nitrogen and oxygen atoms in total. The highest BCUT2D eigenvalue weighted by atomic mass is 32.2. The lowest BCUT2D eigenvalue weighted by Gasteiger charge is -2.19. The predicted octanol–water partition coefficient (Wildman–Crippen LogP) is 2.36. The molecular weight excluding hydrogens is 276 g/mol. The summed E-state index contributed by atoms with van der Waals surface area (Å²) in [5, 5.41) is 3.01. The Hall–Kier alpha value is -1.50. The number of nitrogens with zero attached hydrogens (tertiary/aromatic N) is 1. The zero-order valence-corrected chi connectivity index (χ0v) is 11.0. The maximum atomic E-state index is 12.7. The molecule has 0 bridgehead atoms. The second kappa shape index (κ2) is 4.88. The summed E-state index contributed by atoms with van der Waals surface area (Å²) >= 11 is 0. The van der Waals surface area contributed by atoms with E-state index in [9.17, 15) is 17.2 Å². The molecule has 1 aliphatic heterocycles.